The molecule has 0 saturated heterocycles. The fourth-order valence-corrected chi connectivity index (χ4v) is 2.33. The van der Waals surface area contributed by atoms with Crippen LogP contribution in [0.1, 0.15) is 25.6 Å². The number of rotatable bonds is 3. The van der Waals surface area contributed by atoms with E-state index in [4.69, 9.17) is 5.11 Å². The molecule has 0 radical (unpaired) electrons. The highest BCUT2D eigenvalue weighted by Gasteiger charge is 2.14. The zero-order valence-electron chi connectivity index (χ0n) is 9.80. The predicted molar refractivity (Wildman–Crippen MR) is 68.9 cm³/mol. The standard InChI is InChI=1S/C12H9NO5S/c1-6-4-8(19-10(6)12(16)17)13-11(15)7-2-3-9(14)18-5-7/h2-5H,1H3,(H,13,15)(H,16,17). The number of hydrogen-bond acceptors (Lipinski definition) is 5. The van der Waals surface area contributed by atoms with Crippen LogP contribution in [0.15, 0.2) is 33.7 Å². The van der Waals surface area contributed by atoms with Crippen molar-refractivity contribution < 1.29 is 19.1 Å². The molecule has 98 valence electrons. The first-order chi connectivity index (χ1) is 8.97. The molecule has 0 aromatic carbocycles. The first-order valence-corrected chi connectivity index (χ1v) is 6.03. The van der Waals surface area contributed by atoms with E-state index in [1.54, 1.807) is 13.0 Å². The average Bonchev–Trinajstić information content (AvgIpc) is 2.71. The topological polar surface area (TPSA) is 96.6 Å². The molecule has 0 aliphatic carbocycles. The summed E-state index contributed by atoms with van der Waals surface area (Å²) in [5, 5.41) is 11.9. The van der Waals surface area contributed by atoms with Gasteiger partial charge in [0.2, 0.25) is 0 Å². The second-order valence-electron chi connectivity index (χ2n) is 3.73. The number of hydrogen-bond donors (Lipinski definition) is 2. The van der Waals surface area contributed by atoms with Gasteiger partial charge in [-0.05, 0) is 24.6 Å². The normalized spacial score (nSPS) is 10.2. The Balaban J connectivity index is 2.19. The SMILES string of the molecule is Cc1cc(NC(=O)c2ccc(=O)oc2)sc1C(=O)O. The monoisotopic (exact) mass is 279 g/mol. The molecule has 2 aromatic rings. The minimum atomic E-state index is -1.03. The van der Waals surface area contributed by atoms with Crippen LogP contribution in [0.2, 0.25) is 0 Å². The molecule has 2 heterocycles. The van der Waals surface area contributed by atoms with Crippen molar-refractivity contribution in [1.82, 2.24) is 0 Å². The van der Waals surface area contributed by atoms with E-state index in [0.717, 1.165) is 23.7 Å². The maximum absolute atomic E-state index is 11.8. The molecule has 0 atom stereocenters. The van der Waals surface area contributed by atoms with E-state index in [1.165, 1.54) is 6.07 Å². The van der Waals surface area contributed by atoms with Crippen LogP contribution in [0.25, 0.3) is 0 Å². The maximum atomic E-state index is 11.8. The van der Waals surface area contributed by atoms with E-state index in [2.05, 4.69) is 9.73 Å². The van der Waals surface area contributed by atoms with Crippen LogP contribution in [-0.2, 0) is 0 Å². The van der Waals surface area contributed by atoms with Gasteiger partial charge in [0.15, 0.2) is 0 Å². The largest absolute Gasteiger partial charge is 0.477 e. The molecule has 1 amide bonds. The van der Waals surface area contributed by atoms with Gasteiger partial charge >= 0.3 is 11.6 Å². The molecular formula is C12H9NO5S. The molecule has 0 bridgehead atoms. The van der Waals surface area contributed by atoms with Gasteiger partial charge in [-0.2, -0.15) is 0 Å². The predicted octanol–water partition coefficient (Wildman–Crippen LogP) is 1.96. The van der Waals surface area contributed by atoms with Gasteiger partial charge in [-0.1, -0.05) is 0 Å². The van der Waals surface area contributed by atoms with Crippen molar-refractivity contribution in [3.05, 3.63) is 50.9 Å². The molecule has 2 N–H and O–H groups in total. The van der Waals surface area contributed by atoms with Crippen molar-refractivity contribution in [2.24, 2.45) is 0 Å². The lowest BCUT2D eigenvalue weighted by Crippen LogP contribution is -2.12. The fraction of sp³-hybridized carbons (Fsp3) is 0.0833. The average molecular weight is 279 g/mol. The summed E-state index contributed by atoms with van der Waals surface area (Å²) in [5.41, 5.74) is 0.214. The second-order valence-corrected chi connectivity index (χ2v) is 4.78. The Morgan fingerprint density at radius 2 is 2.11 bits per heavy atom. The van der Waals surface area contributed by atoms with E-state index in [0.29, 0.717) is 10.6 Å². The number of carboxylic acid groups (broad SMARTS) is 1. The molecule has 2 aromatic heterocycles. The van der Waals surface area contributed by atoms with E-state index in [9.17, 15) is 14.4 Å². The second kappa shape index (κ2) is 5.07. The van der Waals surface area contributed by atoms with Crippen LogP contribution < -0.4 is 10.9 Å². The number of anilines is 1. The Hall–Kier alpha value is -2.41. The third-order valence-electron chi connectivity index (χ3n) is 2.31. The number of thiophene rings is 1. The van der Waals surface area contributed by atoms with E-state index >= 15 is 0 Å². The molecule has 0 fully saturated rings. The Kier molecular flexibility index (Phi) is 3.48. The summed E-state index contributed by atoms with van der Waals surface area (Å²) in [6.07, 6.45) is 1.05. The van der Waals surface area contributed by atoms with Gasteiger partial charge in [-0.25, -0.2) is 9.59 Å². The van der Waals surface area contributed by atoms with Crippen LogP contribution in [0.4, 0.5) is 5.00 Å². The van der Waals surface area contributed by atoms with Crippen LogP contribution in [0.5, 0.6) is 0 Å². The van der Waals surface area contributed by atoms with Crippen molar-refractivity contribution in [2.75, 3.05) is 5.32 Å². The van der Waals surface area contributed by atoms with Crippen molar-refractivity contribution in [3.63, 3.8) is 0 Å². The first-order valence-electron chi connectivity index (χ1n) is 5.21. The van der Waals surface area contributed by atoms with Gasteiger partial charge in [-0.3, -0.25) is 4.79 Å². The van der Waals surface area contributed by atoms with Gasteiger partial charge in [0.25, 0.3) is 5.91 Å². The number of carboxylic acids is 1. The molecule has 0 saturated carbocycles. The third-order valence-corrected chi connectivity index (χ3v) is 3.45. The molecular weight excluding hydrogens is 270 g/mol. The van der Waals surface area contributed by atoms with Crippen LogP contribution in [-0.4, -0.2) is 17.0 Å². The molecule has 19 heavy (non-hydrogen) atoms. The Morgan fingerprint density at radius 3 is 2.63 bits per heavy atom. The van der Waals surface area contributed by atoms with Crippen LogP contribution in [0, 0.1) is 6.92 Å². The third kappa shape index (κ3) is 2.89. The summed E-state index contributed by atoms with van der Waals surface area (Å²) in [5.74, 6) is -1.50. The molecule has 0 unspecified atom stereocenters. The number of carbonyl (C=O) groups excluding carboxylic acids is 1. The fourth-order valence-electron chi connectivity index (χ4n) is 1.43. The molecule has 2 rings (SSSR count). The lowest BCUT2D eigenvalue weighted by atomic mass is 10.2. The van der Waals surface area contributed by atoms with Crippen molar-refractivity contribution >= 4 is 28.2 Å². The van der Waals surface area contributed by atoms with E-state index < -0.39 is 17.5 Å². The minimum Gasteiger partial charge on any atom is -0.477 e. The molecule has 0 aliphatic rings. The number of aryl methyl sites for hydroxylation is 1. The maximum Gasteiger partial charge on any atom is 0.346 e. The molecule has 6 nitrogen and oxygen atoms in total. The van der Waals surface area contributed by atoms with Crippen molar-refractivity contribution in [1.29, 1.82) is 0 Å². The smallest absolute Gasteiger partial charge is 0.346 e. The molecule has 7 heteroatoms. The quantitative estimate of drug-likeness (QED) is 0.895. The van der Waals surface area contributed by atoms with Gasteiger partial charge in [0, 0.05) is 6.07 Å². The number of nitrogens with one attached hydrogen (secondary N) is 1. The summed E-state index contributed by atoms with van der Waals surface area (Å²) < 4.78 is 4.58. The summed E-state index contributed by atoms with van der Waals surface area (Å²) in [7, 11) is 0. The zero-order valence-corrected chi connectivity index (χ0v) is 10.6. The van der Waals surface area contributed by atoms with Crippen LogP contribution >= 0.6 is 11.3 Å². The highest BCUT2D eigenvalue weighted by Crippen LogP contribution is 2.26. The van der Waals surface area contributed by atoms with Gasteiger partial charge < -0.3 is 14.8 Å². The zero-order chi connectivity index (χ0) is 14.0. The lowest BCUT2D eigenvalue weighted by Gasteiger charge is -2.00. The van der Waals surface area contributed by atoms with E-state index in [-0.39, 0.29) is 10.4 Å². The summed E-state index contributed by atoms with van der Waals surface area (Å²) in [4.78, 5) is 33.6. The number of carbonyl (C=O) groups is 2. The Labute approximate surface area is 111 Å². The number of aromatic carboxylic acids is 1. The van der Waals surface area contributed by atoms with Crippen molar-refractivity contribution in [3.8, 4) is 0 Å². The van der Waals surface area contributed by atoms with Crippen LogP contribution in [0.3, 0.4) is 0 Å². The highest BCUT2D eigenvalue weighted by molar-refractivity contribution is 7.18. The Bertz CT molecular complexity index is 680. The Morgan fingerprint density at radius 1 is 1.37 bits per heavy atom. The molecule has 0 aliphatic heterocycles. The number of amides is 1. The summed E-state index contributed by atoms with van der Waals surface area (Å²) in [6.45, 7) is 1.65. The van der Waals surface area contributed by atoms with Gasteiger partial charge in [0.05, 0.1) is 10.6 Å². The lowest BCUT2D eigenvalue weighted by molar-refractivity contribution is 0.0701. The first kappa shape index (κ1) is 13.0. The summed E-state index contributed by atoms with van der Waals surface area (Å²) in [6, 6.07) is 4.04. The van der Waals surface area contributed by atoms with Gasteiger partial charge in [-0.15, -0.1) is 11.3 Å². The van der Waals surface area contributed by atoms with Crippen molar-refractivity contribution in [2.45, 2.75) is 6.92 Å². The minimum absolute atomic E-state index is 0.176. The molecule has 0 spiro atoms. The highest BCUT2D eigenvalue weighted by atomic mass is 32.1. The summed E-state index contributed by atoms with van der Waals surface area (Å²) >= 11 is 0.970. The van der Waals surface area contributed by atoms with Gasteiger partial charge in [0.1, 0.15) is 11.1 Å². The van der Waals surface area contributed by atoms with E-state index in [1.807, 2.05) is 0 Å².